The number of fused-ring (bicyclic) bond motifs is 1. The third kappa shape index (κ3) is 3.98. The maximum atomic E-state index is 13.6. The predicted octanol–water partition coefficient (Wildman–Crippen LogP) is 4.92. The van der Waals surface area contributed by atoms with Crippen molar-refractivity contribution in [2.45, 2.75) is 13.1 Å². The third-order valence-electron chi connectivity index (χ3n) is 5.05. The van der Waals surface area contributed by atoms with E-state index in [1.54, 1.807) is 35.2 Å². The smallest absolute Gasteiger partial charge is 0.273 e. The van der Waals surface area contributed by atoms with Gasteiger partial charge in [0.25, 0.3) is 5.91 Å². The van der Waals surface area contributed by atoms with Crippen LogP contribution in [0.3, 0.4) is 0 Å². The van der Waals surface area contributed by atoms with Gasteiger partial charge in [-0.3, -0.25) is 9.48 Å². The molecule has 0 unspecified atom stereocenters. The van der Waals surface area contributed by atoms with Crippen molar-refractivity contribution in [1.82, 2.24) is 14.3 Å². The molecule has 7 heteroatoms. The highest BCUT2D eigenvalue weighted by Gasteiger charge is 2.19. The molecule has 31 heavy (non-hydrogen) atoms. The minimum absolute atomic E-state index is 0.312. The van der Waals surface area contributed by atoms with Crippen LogP contribution in [0.4, 0.5) is 10.2 Å². The van der Waals surface area contributed by atoms with E-state index in [-0.39, 0.29) is 11.7 Å². The van der Waals surface area contributed by atoms with Crippen molar-refractivity contribution in [3.05, 3.63) is 108 Å². The van der Waals surface area contributed by atoms with Gasteiger partial charge in [0, 0.05) is 30.9 Å². The molecular formula is C24H19FN4O2. The first-order chi connectivity index (χ1) is 15.2. The largest absolute Gasteiger partial charge is 0.463 e. The zero-order valence-corrected chi connectivity index (χ0v) is 16.5. The Morgan fingerprint density at radius 1 is 0.968 bits per heavy atom. The molecule has 0 aliphatic rings. The van der Waals surface area contributed by atoms with Crippen molar-refractivity contribution in [2.75, 3.05) is 5.32 Å². The number of hydrogen-bond acceptors (Lipinski definition) is 3. The van der Waals surface area contributed by atoms with E-state index >= 15 is 0 Å². The summed E-state index contributed by atoms with van der Waals surface area (Å²) in [5, 5.41) is 7.29. The second-order valence-electron chi connectivity index (χ2n) is 7.25. The van der Waals surface area contributed by atoms with Crippen LogP contribution in [0, 0.1) is 5.82 Å². The van der Waals surface area contributed by atoms with Crippen LogP contribution in [0.25, 0.3) is 11.1 Å². The zero-order chi connectivity index (χ0) is 21.2. The number of rotatable bonds is 6. The van der Waals surface area contributed by atoms with Gasteiger partial charge in [-0.15, -0.1) is 0 Å². The van der Waals surface area contributed by atoms with Crippen LogP contribution >= 0.6 is 0 Å². The molecule has 0 saturated heterocycles. The van der Waals surface area contributed by atoms with Gasteiger partial charge in [-0.25, -0.2) is 4.39 Å². The summed E-state index contributed by atoms with van der Waals surface area (Å²) in [4.78, 5) is 13.0. The number of amides is 1. The van der Waals surface area contributed by atoms with Gasteiger partial charge in [0.05, 0.1) is 18.3 Å². The van der Waals surface area contributed by atoms with Crippen molar-refractivity contribution in [3.63, 3.8) is 0 Å². The molecule has 5 rings (SSSR count). The highest BCUT2D eigenvalue weighted by molar-refractivity contribution is 6.05. The molecule has 0 atom stereocenters. The quantitative estimate of drug-likeness (QED) is 0.429. The average Bonchev–Trinajstić information content (AvgIpc) is 3.47. The lowest BCUT2D eigenvalue weighted by atomic mass is 10.2. The van der Waals surface area contributed by atoms with Crippen LogP contribution in [0.2, 0.25) is 0 Å². The van der Waals surface area contributed by atoms with E-state index < -0.39 is 0 Å². The van der Waals surface area contributed by atoms with Gasteiger partial charge in [-0.05, 0) is 23.3 Å². The van der Waals surface area contributed by atoms with Crippen molar-refractivity contribution < 1.29 is 13.6 Å². The van der Waals surface area contributed by atoms with Crippen LogP contribution in [-0.2, 0) is 13.1 Å². The SMILES string of the molecule is O=C(Nc1ccn(Cc2ccccc2)n1)c1cc2occc2n1Cc1cccc(F)c1. The Morgan fingerprint density at radius 3 is 2.65 bits per heavy atom. The first-order valence-corrected chi connectivity index (χ1v) is 9.85. The summed E-state index contributed by atoms with van der Waals surface area (Å²) in [6.07, 6.45) is 3.39. The van der Waals surface area contributed by atoms with E-state index in [9.17, 15) is 9.18 Å². The summed E-state index contributed by atoms with van der Waals surface area (Å²) in [6.45, 7) is 0.950. The van der Waals surface area contributed by atoms with E-state index in [0.29, 0.717) is 30.2 Å². The molecule has 0 saturated carbocycles. The summed E-state index contributed by atoms with van der Waals surface area (Å²) >= 11 is 0. The maximum absolute atomic E-state index is 13.6. The third-order valence-corrected chi connectivity index (χ3v) is 5.05. The Hall–Kier alpha value is -4.13. The van der Waals surface area contributed by atoms with Crippen LogP contribution in [0.15, 0.2) is 89.7 Å². The molecule has 1 amide bonds. The minimum Gasteiger partial charge on any atom is -0.463 e. The number of nitrogens with one attached hydrogen (secondary N) is 1. The summed E-state index contributed by atoms with van der Waals surface area (Å²) in [7, 11) is 0. The summed E-state index contributed by atoms with van der Waals surface area (Å²) in [6, 6.07) is 21.5. The molecule has 0 bridgehead atoms. The molecule has 2 aromatic carbocycles. The molecule has 0 spiro atoms. The lowest BCUT2D eigenvalue weighted by Crippen LogP contribution is -2.18. The van der Waals surface area contributed by atoms with E-state index in [2.05, 4.69) is 10.4 Å². The van der Waals surface area contributed by atoms with Crippen molar-refractivity contribution in [3.8, 4) is 0 Å². The van der Waals surface area contributed by atoms with Crippen molar-refractivity contribution in [2.24, 2.45) is 0 Å². The first kappa shape index (κ1) is 18.9. The molecule has 154 valence electrons. The van der Waals surface area contributed by atoms with Gasteiger partial charge in [0.15, 0.2) is 11.4 Å². The van der Waals surface area contributed by atoms with E-state index in [1.165, 1.54) is 12.1 Å². The van der Waals surface area contributed by atoms with Crippen LogP contribution < -0.4 is 5.32 Å². The van der Waals surface area contributed by atoms with E-state index in [0.717, 1.165) is 16.6 Å². The van der Waals surface area contributed by atoms with Crippen molar-refractivity contribution in [1.29, 1.82) is 0 Å². The highest BCUT2D eigenvalue weighted by atomic mass is 19.1. The fraction of sp³-hybridized carbons (Fsp3) is 0.0833. The Balaban J connectivity index is 1.38. The number of carbonyl (C=O) groups excluding carboxylic acids is 1. The standard InChI is InChI=1S/C24H19FN4O2/c25-19-8-4-7-18(13-19)16-29-20-10-12-31-22(20)14-21(29)24(30)26-23-9-11-28(27-23)15-17-5-2-1-3-6-17/h1-14H,15-16H2,(H,26,27,30). The number of anilines is 1. The molecular weight excluding hydrogens is 395 g/mol. The molecule has 0 aliphatic carbocycles. The summed E-state index contributed by atoms with van der Waals surface area (Å²) in [5.41, 5.74) is 3.64. The van der Waals surface area contributed by atoms with E-state index in [1.807, 2.05) is 47.2 Å². The van der Waals surface area contributed by atoms with Gasteiger partial charge in [-0.1, -0.05) is 42.5 Å². The second-order valence-corrected chi connectivity index (χ2v) is 7.25. The number of benzene rings is 2. The molecule has 0 aliphatic heterocycles. The monoisotopic (exact) mass is 414 g/mol. The number of hydrogen-bond donors (Lipinski definition) is 1. The maximum Gasteiger partial charge on any atom is 0.273 e. The van der Waals surface area contributed by atoms with Gasteiger partial charge >= 0.3 is 0 Å². The lowest BCUT2D eigenvalue weighted by molar-refractivity contribution is 0.101. The predicted molar refractivity (Wildman–Crippen MR) is 115 cm³/mol. The van der Waals surface area contributed by atoms with Gasteiger partial charge in [0.2, 0.25) is 0 Å². The normalized spacial score (nSPS) is 11.1. The molecule has 6 nitrogen and oxygen atoms in total. The topological polar surface area (TPSA) is 65.0 Å². The minimum atomic E-state index is -0.317. The molecule has 3 aromatic heterocycles. The van der Waals surface area contributed by atoms with Crippen LogP contribution in [-0.4, -0.2) is 20.3 Å². The first-order valence-electron chi connectivity index (χ1n) is 9.85. The fourth-order valence-electron chi connectivity index (χ4n) is 3.62. The molecule has 5 aromatic rings. The Labute approximate surface area is 177 Å². The number of furan rings is 1. The Bertz CT molecular complexity index is 1350. The van der Waals surface area contributed by atoms with Crippen LogP contribution in [0.1, 0.15) is 21.6 Å². The molecule has 0 fully saturated rings. The summed E-state index contributed by atoms with van der Waals surface area (Å²) < 4.78 is 22.7. The van der Waals surface area contributed by atoms with Crippen molar-refractivity contribution >= 4 is 22.8 Å². The van der Waals surface area contributed by atoms with Gasteiger partial charge in [-0.2, -0.15) is 5.10 Å². The highest BCUT2D eigenvalue weighted by Crippen LogP contribution is 2.23. The number of nitrogens with zero attached hydrogens (tertiary/aromatic N) is 3. The molecule has 0 radical (unpaired) electrons. The summed E-state index contributed by atoms with van der Waals surface area (Å²) in [5.74, 6) is -0.174. The molecule has 1 N–H and O–H groups in total. The Morgan fingerprint density at radius 2 is 1.81 bits per heavy atom. The zero-order valence-electron chi connectivity index (χ0n) is 16.5. The van der Waals surface area contributed by atoms with Gasteiger partial charge in [0.1, 0.15) is 11.5 Å². The number of aromatic nitrogens is 3. The number of carbonyl (C=O) groups is 1. The van der Waals surface area contributed by atoms with Crippen LogP contribution in [0.5, 0.6) is 0 Å². The average molecular weight is 414 g/mol. The lowest BCUT2D eigenvalue weighted by Gasteiger charge is -2.10. The van der Waals surface area contributed by atoms with Gasteiger partial charge < -0.3 is 14.3 Å². The second kappa shape index (κ2) is 7.95. The van der Waals surface area contributed by atoms with E-state index in [4.69, 9.17) is 4.42 Å². The fourth-order valence-corrected chi connectivity index (χ4v) is 3.62. The Kier molecular flexibility index (Phi) is 4.84. The number of halogens is 1. The molecule has 3 heterocycles.